The zero-order valence-corrected chi connectivity index (χ0v) is 20.0. The minimum Gasteiger partial charge on any atom is -0.463 e. The molecule has 1 aliphatic heterocycles. The van der Waals surface area contributed by atoms with Gasteiger partial charge in [0.25, 0.3) is 5.91 Å². The van der Waals surface area contributed by atoms with Crippen LogP contribution in [0.5, 0.6) is 0 Å². The van der Waals surface area contributed by atoms with E-state index in [0.29, 0.717) is 28.5 Å². The fraction of sp³-hybridized carbons (Fsp3) is 0.462. The van der Waals surface area contributed by atoms with E-state index in [-0.39, 0.29) is 17.9 Å². The van der Waals surface area contributed by atoms with Crippen LogP contribution in [0.1, 0.15) is 67.9 Å². The molecule has 6 nitrogen and oxygen atoms in total. The molecule has 1 fully saturated rings. The number of nitrogens with zero attached hydrogens (tertiary/aromatic N) is 2. The van der Waals surface area contributed by atoms with E-state index < -0.39 is 5.54 Å². The lowest BCUT2D eigenvalue weighted by atomic mass is 9.91. The van der Waals surface area contributed by atoms with Crippen LogP contribution in [0.25, 0.3) is 11.1 Å². The van der Waals surface area contributed by atoms with E-state index in [2.05, 4.69) is 5.32 Å². The summed E-state index contributed by atoms with van der Waals surface area (Å²) in [6, 6.07) is 9.20. The minimum atomic E-state index is -1.12. The number of hydrogen-bond donors (Lipinski definition) is 1. The van der Waals surface area contributed by atoms with Gasteiger partial charge < -0.3 is 14.3 Å². The molecule has 0 saturated heterocycles. The molecule has 174 valence electrons. The maximum absolute atomic E-state index is 13.9. The van der Waals surface area contributed by atoms with Crippen LogP contribution in [0.2, 0.25) is 5.02 Å². The van der Waals surface area contributed by atoms with Gasteiger partial charge in [-0.2, -0.15) is 0 Å². The third-order valence-electron chi connectivity index (χ3n) is 7.25. The van der Waals surface area contributed by atoms with Crippen molar-refractivity contribution in [2.75, 3.05) is 4.90 Å². The lowest BCUT2D eigenvalue weighted by Gasteiger charge is -2.45. The fourth-order valence-electron chi connectivity index (χ4n) is 5.36. The number of aromatic nitrogens is 1. The summed E-state index contributed by atoms with van der Waals surface area (Å²) in [6.07, 6.45) is 9.50. The number of aryl methyl sites for hydroxylation is 1. The zero-order valence-electron chi connectivity index (χ0n) is 19.2. The number of carbonyl (C=O) groups is 2. The maximum atomic E-state index is 13.9. The second-order valence-electron chi connectivity index (χ2n) is 9.65. The van der Waals surface area contributed by atoms with Crippen LogP contribution >= 0.6 is 11.6 Å². The Kier molecular flexibility index (Phi) is 5.73. The standard InChI is InChI=1S/C26H30ClN3O3/c1-17-10-11-18(27)14-21(17)30-24(31)22-15-23-20(12-13-33-23)29(22)16-26(30,2)25(32)28-19-8-6-4-3-5-7-9-19/h10-15,19H,3-9,16H2,1-2H3,(H,28,32)/t26-/m1/s1. The first kappa shape index (κ1) is 22.1. The molecule has 1 atom stereocenters. The smallest absolute Gasteiger partial charge is 0.276 e. The van der Waals surface area contributed by atoms with Crippen molar-refractivity contribution >= 4 is 40.2 Å². The monoisotopic (exact) mass is 467 g/mol. The molecule has 5 rings (SSSR count). The molecule has 0 radical (unpaired) electrons. The van der Waals surface area contributed by atoms with Gasteiger partial charge in [0.2, 0.25) is 5.91 Å². The van der Waals surface area contributed by atoms with Crippen LogP contribution in [-0.4, -0.2) is 28.0 Å². The highest BCUT2D eigenvalue weighted by Crippen LogP contribution is 2.38. The van der Waals surface area contributed by atoms with Gasteiger partial charge in [-0.15, -0.1) is 0 Å². The highest BCUT2D eigenvalue weighted by atomic mass is 35.5. The Labute approximate surface area is 198 Å². The first-order valence-corrected chi connectivity index (χ1v) is 12.2. The van der Waals surface area contributed by atoms with Crippen molar-refractivity contribution in [1.82, 2.24) is 9.88 Å². The van der Waals surface area contributed by atoms with Gasteiger partial charge in [-0.3, -0.25) is 14.5 Å². The topological polar surface area (TPSA) is 67.5 Å². The maximum Gasteiger partial charge on any atom is 0.276 e. The molecule has 2 aliphatic rings. The SMILES string of the molecule is Cc1ccc(Cl)cc1N1C(=O)c2cc3occc3n2C[C@]1(C)C(=O)NC1CCCCCCC1. The molecular weight excluding hydrogens is 438 g/mol. The molecule has 0 bridgehead atoms. The first-order valence-electron chi connectivity index (χ1n) is 11.9. The molecule has 3 aromatic rings. The average Bonchev–Trinajstić information content (AvgIpc) is 3.35. The summed E-state index contributed by atoms with van der Waals surface area (Å²) in [4.78, 5) is 29.5. The Hall–Kier alpha value is -2.73. The Morgan fingerprint density at radius 3 is 2.61 bits per heavy atom. The van der Waals surface area contributed by atoms with E-state index >= 15 is 0 Å². The Balaban J connectivity index is 1.58. The third-order valence-corrected chi connectivity index (χ3v) is 7.48. The van der Waals surface area contributed by atoms with Gasteiger partial charge in [-0.05, 0) is 44.4 Å². The van der Waals surface area contributed by atoms with Gasteiger partial charge in [-0.25, -0.2) is 0 Å². The van der Waals surface area contributed by atoms with E-state index in [4.69, 9.17) is 16.0 Å². The average molecular weight is 468 g/mol. The van der Waals surface area contributed by atoms with Crippen molar-refractivity contribution < 1.29 is 14.0 Å². The van der Waals surface area contributed by atoms with E-state index in [1.54, 1.807) is 29.4 Å². The van der Waals surface area contributed by atoms with Gasteiger partial charge in [0, 0.05) is 28.9 Å². The number of hydrogen-bond acceptors (Lipinski definition) is 3. The fourth-order valence-corrected chi connectivity index (χ4v) is 5.52. The summed E-state index contributed by atoms with van der Waals surface area (Å²) < 4.78 is 7.48. The van der Waals surface area contributed by atoms with Crippen molar-refractivity contribution in [3.05, 3.63) is 52.9 Å². The Bertz CT molecular complexity index is 1200. The molecule has 1 saturated carbocycles. The van der Waals surface area contributed by atoms with Crippen LogP contribution in [-0.2, 0) is 11.3 Å². The predicted octanol–water partition coefficient (Wildman–Crippen LogP) is 5.84. The van der Waals surface area contributed by atoms with Crippen molar-refractivity contribution in [3.8, 4) is 0 Å². The molecule has 1 aliphatic carbocycles. The van der Waals surface area contributed by atoms with Gasteiger partial charge in [0.05, 0.1) is 18.3 Å². The first-order chi connectivity index (χ1) is 15.9. The van der Waals surface area contributed by atoms with E-state index in [1.165, 1.54) is 19.3 Å². The van der Waals surface area contributed by atoms with Gasteiger partial charge in [-0.1, -0.05) is 49.8 Å². The molecular formula is C26H30ClN3O3. The highest BCUT2D eigenvalue weighted by molar-refractivity contribution is 6.31. The van der Waals surface area contributed by atoms with Crippen molar-refractivity contribution in [2.24, 2.45) is 0 Å². The molecule has 1 aromatic carbocycles. The Morgan fingerprint density at radius 2 is 1.85 bits per heavy atom. The van der Waals surface area contributed by atoms with Crippen LogP contribution in [0.15, 0.2) is 41.0 Å². The van der Waals surface area contributed by atoms with Crippen molar-refractivity contribution in [3.63, 3.8) is 0 Å². The second-order valence-corrected chi connectivity index (χ2v) is 10.1. The van der Waals surface area contributed by atoms with Crippen LogP contribution in [0.4, 0.5) is 5.69 Å². The number of rotatable bonds is 3. The van der Waals surface area contributed by atoms with Gasteiger partial charge >= 0.3 is 0 Å². The summed E-state index contributed by atoms with van der Waals surface area (Å²) in [5.74, 6) is -0.356. The van der Waals surface area contributed by atoms with Crippen LogP contribution in [0.3, 0.4) is 0 Å². The largest absolute Gasteiger partial charge is 0.463 e. The molecule has 1 N–H and O–H groups in total. The number of nitrogens with one attached hydrogen (secondary N) is 1. The normalized spacial score (nSPS) is 22.2. The number of halogens is 1. The van der Waals surface area contributed by atoms with E-state index in [9.17, 15) is 9.59 Å². The summed E-state index contributed by atoms with van der Waals surface area (Å²) in [5, 5.41) is 3.84. The summed E-state index contributed by atoms with van der Waals surface area (Å²) in [7, 11) is 0. The van der Waals surface area contributed by atoms with Crippen molar-refractivity contribution in [2.45, 2.75) is 76.9 Å². The molecule has 7 heteroatoms. The number of amides is 2. The number of anilines is 1. The number of fused-ring (bicyclic) bond motifs is 3. The van der Waals surface area contributed by atoms with Gasteiger partial charge in [0.1, 0.15) is 11.2 Å². The summed E-state index contributed by atoms with van der Waals surface area (Å²) in [5.41, 5.74) is 2.41. The molecule has 3 heterocycles. The van der Waals surface area contributed by atoms with Gasteiger partial charge in [0.15, 0.2) is 5.58 Å². The lowest BCUT2D eigenvalue weighted by Crippen LogP contribution is -2.65. The lowest BCUT2D eigenvalue weighted by molar-refractivity contribution is -0.127. The third kappa shape index (κ3) is 3.84. The minimum absolute atomic E-state index is 0.128. The quantitative estimate of drug-likeness (QED) is 0.525. The second kappa shape index (κ2) is 8.56. The van der Waals surface area contributed by atoms with E-state index in [1.807, 2.05) is 30.5 Å². The summed E-state index contributed by atoms with van der Waals surface area (Å²) in [6.45, 7) is 4.13. The number of benzene rings is 1. The van der Waals surface area contributed by atoms with Crippen LogP contribution in [0, 0.1) is 6.92 Å². The summed E-state index contributed by atoms with van der Waals surface area (Å²) >= 11 is 6.33. The number of carbonyl (C=O) groups excluding carboxylic acids is 2. The molecule has 2 aromatic heterocycles. The van der Waals surface area contributed by atoms with Crippen LogP contribution < -0.4 is 10.2 Å². The predicted molar refractivity (Wildman–Crippen MR) is 130 cm³/mol. The number of furan rings is 1. The molecule has 2 amide bonds. The molecule has 33 heavy (non-hydrogen) atoms. The highest BCUT2D eigenvalue weighted by Gasteiger charge is 2.49. The Morgan fingerprint density at radius 1 is 1.12 bits per heavy atom. The van der Waals surface area contributed by atoms with Crippen molar-refractivity contribution in [1.29, 1.82) is 0 Å². The molecule has 0 spiro atoms. The zero-order chi connectivity index (χ0) is 23.2. The van der Waals surface area contributed by atoms with E-state index in [0.717, 1.165) is 36.8 Å². The molecule has 0 unspecified atom stereocenters.